The molecule has 1 aliphatic carbocycles. The number of hydrogen-bond acceptors (Lipinski definition) is 3. The zero-order valence-corrected chi connectivity index (χ0v) is 12.2. The highest BCUT2D eigenvalue weighted by Gasteiger charge is 2.32. The maximum absolute atomic E-state index is 12.3. The van der Waals surface area contributed by atoms with Gasteiger partial charge in [-0.1, -0.05) is 18.2 Å². The molecule has 0 spiro atoms. The number of hydrogen-bond donors (Lipinski definition) is 2. The monoisotopic (exact) mass is 284 g/mol. The van der Waals surface area contributed by atoms with Crippen LogP contribution < -0.4 is 10.6 Å². The molecule has 1 heterocycles. The highest BCUT2D eigenvalue weighted by Crippen LogP contribution is 2.42. The number of rotatable bonds is 6. The van der Waals surface area contributed by atoms with Crippen molar-refractivity contribution in [2.45, 2.75) is 18.8 Å². The number of likely N-dealkylation sites (N-methyl/N-ethyl adjacent to an activating group) is 1. The van der Waals surface area contributed by atoms with Crippen molar-refractivity contribution in [2.75, 3.05) is 20.1 Å². The number of benzene rings is 1. The third kappa shape index (κ3) is 2.97. The Morgan fingerprint density at radius 2 is 2.05 bits per heavy atom. The number of nitrogens with one attached hydrogen (secondary N) is 2. The van der Waals surface area contributed by atoms with Gasteiger partial charge in [-0.3, -0.25) is 4.79 Å². The second-order valence-corrected chi connectivity index (χ2v) is 5.32. The lowest BCUT2D eigenvalue weighted by Gasteiger charge is -2.09. The fourth-order valence-electron chi connectivity index (χ4n) is 2.45. The van der Waals surface area contributed by atoms with Crippen molar-refractivity contribution >= 4 is 5.91 Å². The first kappa shape index (κ1) is 13.8. The van der Waals surface area contributed by atoms with Crippen molar-refractivity contribution < 1.29 is 4.79 Å². The fourth-order valence-corrected chi connectivity index (χ4v) is 2.45. The zero-order chi connectivity index (χ0) is 14.7. The Bertz CT molecular complexity index is 616. The Kier molecular flexibility index (Phi) is 4.01. The van der Waals surface area contributed by atoms with E-state index in [1.807, 2.05) is 42.1 Å². The van der Waals surface area contributed by atoms with Crippen LogP contribution in [0.4, 0.5) is 0 Å². The van der Waals surface area contributed by atoms with E-state index in [2.05, 4.69) is 15.7 Å². The topological polar surface area (TPSA) is 58.9 Å². The molecule has 1 saturated carbocycles. The van der Waals surface area contributed by atoms with Crippen molar-refractivity contribution in [1.29, 1.82) is 0 Å². The highest BCUT2D eigenvalue weighted by molar-refractivity contribution is 5.95. The van der Waals surface area contributed by atoms with Crippen LogP contribution in [0.5, 0.6) is 0 Å². The molecule has 2 N–H and O–H groups in total. The molecule has 3 rings (SSSR count). The van der Waals surface area contributed by atoms with Crippen LogP contribution in [0.2, 0.25) is 0 Å². The van der Waals surface area contributed by atoms with Gasteiger partial charge in [-0.25, -0.2) is 4.68 Å². The van der Waals surface area contributed by atoms with E-state index in [0.717, 1.165) is 30.8 Å². The van der Waals surface area contributed by atoms with Crippen molar-refractivity contribution in [1.82, 2.24) is 20.4 Å². The number of amides is 1. The summed E-state index contributed by atoms with van der Waals surface area (Å²) < 4.78 is 1.91. The molecule has 0 unspecified atom stereocenters. The predicted octanol–water partition coefficient (Wildman–Crippen LogP) is 1.70. The minimum atomic E-state index is -0.0330. The van der Waals surface area contributed by atoms with Crippen molar-refractivity contribution in [3.8, 4) is 5.69 Å². The summed E-state index contributed by atoms with van der Waals surface area (Å²) >= 11 is 0. The number of aromatic nitrogens is 2. The maximum Gasteiger partial charge on any atom is 0.254 e. The van der Waals surface area contributed by atoms with Gasteiger partial charge in [0, 0.05) is 19.0 Å². The number of carbonyl (C=O) groups excluding carboxylic acids is 1. The van der Waals surface area contributed by atoms with Crippen LogP contribution in [0, 0.1) is 0 Å². The molecule has 0 saturated heterocycles. The average molecular weight is 284 g/mol. The van der Waals surface area contributed by atoms with E-state index in [9.17, 15) is 4.79 Å². The molecule has 1 fully saturated rings. The molecule has 1 aliphatic rings. The van der Waals surface area contributed by atoms with E-state index in [4.69, 9.17) is 0 Å². The van der Waals surface area contributed by atoms with E-state index in [1.54, 1.807) is 6.20 Å². The average Bonchev–Trinajstić information content (AvgIpc) is 3.26. The first-order chi connectivity index (χ1) is 10.3. The minimum Gasteiger partial charge on any atom is -0.351 e. The summed E-state index contributed by atoms with van der Waals surface area (Å²) in [6.45, 7) is 1.38. The van der Waals surface area contributed by atoms with Gasteiger partial charge >= 0.3 is 0 Å². The lowest BCUT2D eigenvalue weighted by atomic mass is 10.1. The molecule has 0 aliphatic heterocycles. The predicted molar refractivity (Wildman–Crippen MR) is 81.8 cm³/mol. The van der Waals surface area contributed by atoms with Crippen LogP contribution in [0.3, 0.4) is 0 Å². The summed E-state index contributed by atoms with van der Waals surface area (Å²) in [5, 5.41) is 10.4. The second-order valence-electron chi connectivity index (χ2n) is 5.32. The highest BCUT2D eigenvalue weighted by atomic mass is 16.1. The molecule has 110 valence electrons. The lowest BCUT2D eigenvalue weighted by Crippen LogP contribution is -2.30. The molecule has 0 radical (unpaired) electrons. The number of carbonyl (C=O) groups is 1. The first-order valence-electron chi connectivity index (χ1n) is 7.37. The second kappa shape index (κ2) is 6.10. The standard InChI is InChI=1S/C16H20N4O/c1-17-9-10-18-16(21)14-11-19-20(15(14)12-7-8-12)13-5-3-2-4-6-13/h2-6,11-12,17H,7-10H2,1H3,(H,18,21). The zero-order valence-electron chi connectivity index (χ0n) is 12.2. The Morgan fingerprint density at radius 1 is 1.29 bits per heavy atom. The fraction of sp³-hybridized carbons (Fsp3) is 0.375. The molecular formula is C16H20N4O. The van der Waals surface area contributed by atoms with Crippen LogP contribution in [0.25, 0.3) is 5.69 Å². The smallest absolute Gasteiger partial charge is 0.254 e. The SMILES string of the molecule is CNCCNC(=O)c1cnn(-c2ccccc2)c1C1CC1. The lowest BCUT2D eigenvalue weighted by molar-refractivity contribution is 0.0953. The van der Waals surface area contributed by atoms with Crippen molar-refractivity contribution in [2.24, 2.45) is 0 Å². The van der Waals surface area contributed by atoms with Gasteiger partial charge in [-0.05, 0) is 32.0 Å². The van der Waals surface area contributed by atoms with Crippen LogP contribution in [-0.4, -0.2) is 35.8 Å². The van der Waals surface area contributed by atoms with Gasteiger partial charge in [-0.2, -0.15) is 5.10 Å². The number of nitrogens with zero attached hydrogens (tertiary/aromatic N) is 2. The molecule has 1 aromatic heterocycles. The third-order valence-corrected chi connectivity index (χ3v) is 3.68. The van der Waals surface area contributed by atoms with Gasteiger partial charge in [0.25, 0.3) is 5.91 Å². The van der Waals surface area contributed by atoms with E-state index in [-0.39, 0.29) is 5.91 Å². The summed E-state index contributed by atoms with van der Waals surface area (Å²) in [6, 6.07) is 9.99. The summed E-state index contributed by atoms with van der Waals surface area (Å²) in [5.74, 6) is 0.423. The molecule has 1 aromatic carbocycles. The summed E-state index contributed by atoms with van der Waals surface area (Å²) in [7, 11) is 1.87. The Balaban J connectivity index is 1.88. The molecule has 21 heavy (non-hydrogen) atoms. The summed E-state index contributed by atoms with van der Waals surface area (Å²) in [5.41, 5.74) is 2.76. The molecule has 0 atom stereocenters. The van der Waals surface area contributed by atoms with Gasteiger partial charge < -0.3 is 10.6 Å². The Morgan fingerprint density at radius 3 is 2.71 bits per heavy atom. The minimum absolute atomic E-state index is 0.0330. The van der Waals surface area contributed by atoms with Gasteiger partial charge in [0.1, 0.15) is 0 Å². The van der Waals surface area contributed by atoms with Gasteiger partial charge in [-0.15, -0.1) is 0 Å². The van der Waals surface area contributed by atoms with Crippen LogP contribution in [0.1, 0.15) is 34.8 Å². The van der Waals surface area contributed by atoms with Gasteiger partial charge in [0.05, 0.1) is 23.1 Å². The van der Waals surface area contributed by atoms with E-state index in [0.29, 0.717) is 18.0 Å². The molecule has 5 nitrogen and oxygen atoms in total. The quantitative estimate of drug-likeness (QED) is 0.794. The molecular weight excluding hydrogens is 264 g/mol. The van der Waals surface area contributed by atoms with E-state index in [1.165, 1.54) is 0 Å². The maximum atomic E-state index is 12.3. The van der Waals surface area contributed by atoms with Crippen molar-refractivity contribution in [3.05, 3.63) is 47.8 Å². The van der Waals surface area contributed by atoms with Crippen LogP contribution in [-0.2, 0) is 0 Å². The van der Waals surface area contributed by atoms with Crippen LogP contribution >= 0.6 is 0 Å². The molecule has 1 amide bonds. The first-order valence-corrected chi connectivity index (χ1v) is 7.37. The largest absolute Gasteiger partial charge is 0.351 e. The van der Waals surface area contributed by atoms with E-state index < -0.39 is 0 Å². The third-order valence-electron chi connectivity index (χ3n) is 3.68. The Hall–Kier alpha value is -2.14. The normalized spacial score (nSPS) is 14.1. The van der Waals surface area contributed by atoms with E-state index >= 15 is 0 Å². The Labute approximate surface area is 124 Å². The van der Waals surface area contributed by atoms with Crippen LogP contribution in [0.15, 0.2) is 36.5 Å². The molecule has 5 heteroatoms. The molecule has 0 bridgehead atoms. The molecule has 2 aromatic rings. The van der Waals surface area contributed by atoms with Gasteiger partial charge in [0.15, 0.2) is 0 Å². The summed E-state index contributed by atoms with van der Waals surface area (Å²) in [4.78, 5) is 12.3. The van der Waals surface area contributed by atoms with Crippen molar-refractivity contribution in [3.63, 3.8) is 0 Å². The summed E-state index contributed by atoms with van der Waals surface area (Å²) in [6.07, 6.45) is 3.96. The number of para-hydroxylation sites is 1. The van der Waals surface area contributed by atoms with Gasteiger partial charge in [0.2, 0.25) is 0 Å².